The molecule has 1 aromatic rings. The van der Waals surface area contributed by atoms with Crippen molar-refractivity contribution in [1.29, 1.82) is 0 Å². The van der Waals surface area contributed by atoms with E-state index in [1.807, 2.05) is 12.1 Å². The van der Waals surface area contributed by atoms with Crippen LogP contribution in [0, 0.1) is 5.92 Å². The number of likely N-dealkylation sites (tertiary alicyclic amines) is 1. The number of amides is 2. The minimum atomic E-state index is -0.770. The molecule has 2 heterocycles. The van der Waals surface area contributed by atoms with Crippen molar-refractivity contribution in [3.05, 3.63) is 28.2 Å². The quantitative estimate of drug-likeness (QED) is 0.838. The van der Waals surface area contributed by atoms with E-state index in [9.17, 15) is 9.59 Å². The molecule has 0 spiro atoms. The summed E-state index contributed by atoms with van der Waals surface area (Å²) in [5.41, 5.74) is 0.994. The molecule has 2 aliphatic rings. The number of carbonyl (C=O) groups excluding carboxylic acids is 1. The number of piperidine rings is 1. The van der Waals surface area contributed by atoms with Crippen molar-refractivity contribution in [2.45, 2.75) is 25.3 Å². The van der Waals surface area contributed by atoms with Gasteiger partial charge in [-0.05, 0) is 37.5 Å². The van der Waals surface area contributed by atoms with Gasteiger partial charge in [-0.25, -0.2) is 4.79 Å². The maximum atomic E-state index is 12.4. The lowest BCUT2D eigenvalue weighted by Gasteiger charge is -2.31. The molecule has 136 valence electrons. The Labute approximate surface area is 156 Å². The van der Waals surface area contributed by atoms with Crippen molar-refractivity contribution < 1.29 is 14.7 Å². The summed E-state index contributed by atoms with van der Waals surface area (Å²) >= 11 is 12.0. The number of urea groups is 1. The van der Waals surface area contributed by atoms with Crippen LogP contribution in [-0.4, -0.2) is 54.2 Å². The fraction of sp³-hybridized carbons (Fsp3) is 0.529. The predicted octanol–water partition coefficient (Wildman–Crippen LogP) is 3.08. The van der Waals surface area contributed by atoms with Crippen LogP contribution in [0.4, 0.5) is 10.5 Å². The topological polar surface area (TPSA) is 72.9 Å². The molecule has 0 radical (unpaired) electrons. The number of hydrogen-bond acceptors (Lipinski definition) is 3. The molecule has 1 atom stereocenters. The Balaban J connectivity index is 1.50. The third-order valence-corrected chi connectivity index (χ3v) is 5.65. The Kier molecular flexibility index (Phi) is 5.59. The third-order valence-electron chi connectivity index (χ3n) is 4.92. The van der Waals surface area contributed by atoms with E-state index in [1.165, 1.54) is 0 Å². The standard InChI is InChI=1S/C17H21Cl2N3O3/c18-14-2-1-13(9-15(14)19)22-8-5-12(10-22)20-17(25)21-6-3-11(4-7-21)16(23)24/h1-2,9,11-12H,3-8,10H2,(H,20,25)(H,23,24). The van der Waals surface area contributed by atoms with Crippen LogP contribution >= 0.6 is 23.2 Å². The van der Waals surface area contributed by atoms with Gasteiger partial charge in [-0.1, -0.05) is 23.2 Å². The van der Waals surface area contributed by atoms with Crippen LogP contribution in [0.5, 0.6) is 0 Å². The largest absolute Gasteiger partial charge is 0.481 e. The maximum Gasteiger partial charge on any atom is 0.317 e. The summed E-state index contributed by atoms with van der Waals surface area (Å²) in [6.07, 6.45) is 1.89. The molecule has 25 heavy (non-hydrogen) atoms. The molecule has 2 saturated heterocycles. The highest BCUT2D eigenvalue weighted by molar-refractivity contribution is 6.42. The molecular formula is C17H21Cl2N3O3. The van der Waals surface area contributed by atoms with Gasteiger partial charge in [0, 0.05) is 37.9 Å². The first kappa shape index (κ1) is 18.1. The molecule has 3 rings (SSSR count). The van der Waals surface area contributed by atoms with E-state index in [-0.39, 0.29) is 18.0 Å². The summed E-state index contributed by atoms with van der Waals surface area (Å²) in [4.78, 5) is 27.2. The van der Waals surface area contributed by atoms with E-state index in [1.54, 1.807) is 11.0 Å². The number of carboxylic acids is 1. The van der Waals surface area contributed by atoms with Crippen molar-refractivity contribution in [2.75, 3.05) is 31.1 Å². The van der Waals surface area contributed by atoms with E-state index >= 15 is 0 Å². The van der Waals surface area contributed by atoms with Gasteiger partial charge >= 0.3 is 12.0 Å². The Morgan fingerprint density at radius 1 is 1.08 bits per heavy atom. The number of rotatable bonds is 3. The molecule has 0 aliphatic carbocycles. The zero-order chi connectivity index (χ0) is 18.0. The van der Waals surface area contributed by atoms with Gasteiger partial charge in [0.25, 0.3) is 0 Å². The molecule has 8 heteroatoms. The zero-order valence-electron chi connectivity index (χ0n) is 13.8. The highest BCUT2D eigenvalue weighted by Gasteiger charge is 2.30. The molecule has 1 aromatic carbocycles. The maximum absolute atomic E-state index is 12.4. The summed E-state index contributed by atoms with van der Waals surface area (Å²) in [5.74, 6) is -1.10. The third kappa shape index (κ3) is 4.30. The number of nitrogens with one attached hydrogen (secondary N) is 1. The molecule has 2 fully saturated rings. The molecule has 2 amide bonds. The molecule has 1 unspecified atom stereocenters. The van der Waals surface area contributed by atoms with Crippen LogP contribution in [0.25, 0.3) is 0 Å². The summed E-state index contributed by atoms with van der Waals surface area (Å²) in [7, 11) is 0. The Morgan fingerprint density at radius 2 is 1.80 bits per heavy atom. The van der Waals surface area contributed by atoms with Gasteiger partial charge in [-0.2, -0.15) is 0 Å². The lowest BCUT2D eigenvalue weighted by atomic mass is 9.97. The minimum Gasteiger partial charge on any atom is -0.481 e. The number of anilines is 1. The number of benzene rings is 1. The predicted molar refractivity (Wildman–Crippen MR) is 97.5 cm³/mol. The SMILES string of the molecule is O=C(O)C1CCN(C(=O)NC2CCN(c3ccc(Cl)c(Cl)c3)C2)CC1. The zero-order valence-corrected chi connectivity index (χ0v) is 15.3. The van der Waals surface area contributed by atoms with Gasteiger partial charge in [0.1, 0.15) is 0 Å². The van der Waals surface area contributed by atoms with Crippen molar-refractivity contribution in [3.63, 3.8) is 0 Å². The lowest BCUT2D eigenvalue weighted by molar-refractivity contribution is -0.143. The molecule has 0 saturated carbocycles. The van der Waals surface area contributed by atoms with Gasteiger partial charge in [-0.3, -0.25) is 4.79 Å². The molecule has 0 bridgehead atoms. The van der Waals surface area contributed by atoms with Crippen molar-refractivity contribution >= 4 is 40.9 Å². The first-order chi connectivity index (χ1) is 11.9. The van der Waals surface area contributed by atoms with E-state index in [2.05, 4.69) is 10.2 Å². The summed E-state index contributed by atoms with van der Waals surface area (Å²) in [6.45, 7) is 2.54. The minimum absolute atomic E-state index is 0.0687. The van der Waals surface area contributed by atoms with E-state index in [0.29, 0.717) is 36.0 Å². The molecule has 6 nitrogen and oxygen atoms in total. The van der Waals surface area contributed by atoms with E-state index in [0.717, 1.165) is 25.2 Å². The average molecular weight is 386 g/mol. The van der Waals surface area contributed by atoms with Crippen LogP contribution in [0.2, 0.25) is 10.0 Å². The van der Waals surface area contributed by atoms with Crippen LogP contribution in [0.1, 0.15) is 19.3 Å². The number of carboxylic acid groups (broad SMARTS) is 1. The Bertz CT molecular complexity index is 663. The molecule has 0 aromatic heterocycles. The van der Waals surface area contributed by atoms with Gasteiger partial charge in [0.2, 0.25) is 0 Å². The van der Waals surface area contributed by atoms with Crippen LogP contribution in [0.15, 0.2) is 18.2 Å². The van der Waals surface area contributed by atoms with Crippen molar-refractivity contribution in [2.24, 2.45) is 5.92 Å². The van der Waals surface area contributed by atoms with Gasteiger partial charge in [-0.15, -0.1) is 0 Å². The number of carbonyl (C=O) groups is 2. The van der Waals surface area contributed by atoms with Crippen LogP contribution in [-0.2, 0) is 4.79 Å². The molecule has 2 N–H and O–H groups in total. The van der Waals surface area contributed by atoms with E-state index in [4.69, 9.17) is 28.3 Å². The number of hydrogen-bond donors (Lipinski definition) is 2. The number of nitrogens with zero attached hydrogens (tertiary/aromatic N) is 2. The smallest absolute Gasteiger partial charge is 0.317 e. The van der Waals surface area contributed by atoms with Crippen LogP contribution in [0.3, 0.4) is 0 Å². The van der Waals surface area contributed by atoms with Gasteiger partial charge in [0.15, 0.2) is 0 Å². The summed E-state index contributed by atoms with van der Waals surface area (Å²) < 4.78 is 0. The average Bonchev–Trinajstić information content (AvgIpc) is 3.06. The van der Waals surface area contributed by atoms with Crippen molar-refractivity contribution in [3.8, 4) is 0 Å². The summed E-state index contributed by atoms with van der Waals surface area (Å²) in [5, 5.41) is 13.1. The monoisotopic (exact) mass is 385 g/mol. The Hall–Kier alpha value is -1.66. The van der Waals surface area contributed by atoms with Gasteiger partial charge in [0.05, 0.1) is 16.0 Å². The second-order valence-electron chi connectivity index (χ2n) is 6.58. The first-order valence-corrected chi connectivity index (χ1v) is 9.18. The molecular weight excluding hydrogens is 365 g/mol. The molecule has 2 aliphatic heterocycles. The highest BCUT2D eigenvalue weighted by Crippen LogP contribution is 2.29. The van der Waals surface area contributed by atoms with Crippen molar-refractivity contribution in [1.82, 2.24) is 10.2 Å². The van der Waals surface area contributed by atoms with Gasteiger partial charge < -0.3 is 20.2 Å². The normalized spacial score (nSPS) is 21.4. The Morgan fingerprint density at radius 3 is 2.44 bits per heavy atom. The number of halogens is 2. The fourth-order valence-corrected chi connectivity index (χ4v) is 3.68. The lowest BCUT2D eigenvalue weighted by Crippen LogP contribution is -2.49. The van der Waals surface area contributed by atoms with Crippen LogP contribution < -0.4 is 10.2 Å². The second kappa shape index (κ2) is 7.70. The fourth-order valence-electron chi connectivity index (χ4n) is 3.39. The van der Waals surface area contributed by atoms with E-state index < -0.39 is 5.97 Å². The summed E-state index contributed by atoms with van der Waals surface area (Å²) in [6, 6.07) is 5.50. The number of aliphatic carboxylic acids is 1. The first-order valence-electron chi connectivity index (χ1n) is 8.42. The highest BCUT2D eigenvalue weighted by atomic mass is 35.5. The second-order valence-corrected chi connectivity index (χ2v) is 7.39.